The average Bonchev–Trinajstić information content (AvgIpc) is 2.77. The minimum Gasteiger partial charge on any atom is -0.377 e. The Balaban J connectivity index is 2.14. The van der Waals surface area contributed by atoms with Crippen molar-refractivity contribution in [1.29, 1.82) is 0 Å². The Kier molecular flexibility index (Phi) is 4.25. The molecule has 0 aromatic rings. The van der Waals surface area contributed by atoms with Crippen LogP contribution in [0.4, 0.5) is 0 Å². The van der Waals surface area contributed by atoms with Gasteiger partial charge >= 0.3 is 0 Å². The van der Waals surface area contributed by atoms with Gasteiger partial charge in [-0.05, 0) is 33.1 Å². The summed E-state index contributed by atoms with van der Waals surface area (Å²) in [5.41, 5.74) is 5.79. The van der Waals surface area contributed by atoms with E-state index >= 15 is 0 Å². The molecule has 2 aliphatic heterocycles. The predicted molar refractivity (Wildman–Crippen MR) is 70.2 cm³/mol. The predicted octanol–water partition coefficient (Wildman–Crippen LogP) is 0.0932. The lowest BCUT2D eigenvalue weighted by molar-refractivity contribution is -0.127. The highest BCUT2D eigenvalue weighted by Crippen LogP contribution is 2.26. The van der Waals surface area contributed by atoms with Crippen LogP contribution in [0.15, 0.2) is 0 Å². The van der Waals surface area contributed by atoms with Crippen LogP contribution in [0.5, 0.6) is 0 Å². The van der Waals surface area contributed by atoms with Crippen LogP contribution in [-0.4, -0.2) is 54.7 Å². The third-order valence-corrected chi connectivity index (χ3v) is 4.14. The standard InChI is InChI=1S/C13H25N3O2/c1-13(2)5-6-15-12(17)11(8-14)16(13)9-10-4-3-7-18-10/h10-11H,3-9,14H2,1-2H3,(H,15,17). The van der Waals surface area contributed by atoms with Crippen molar-refractivity contribution in [2.75, 3.05) is 26.2 Å². The van der Waals surface area contributed by atoms with Crippen molar-refractivity contribution in [2.24, 2.45) is 5.73 Å². The van der Waals surface area contributed by atoms with E-state index in [0.29, 0.717) is 6.54 Å². The van der Waals surface area contributed by atoms with Gasteiger partial charge < -0.3 is 15.8 Å². The van der Waals surface area contributed by atoms with E-state index in [1.807, 2.05) is 0 Å². The highest BCUT2D eigenvalue weighted by atomic mass is 16.5. The number of nitrogens with one attached hydrogen (secondary N) is 1. The Bertz CT molecular complexity index is 301. The summed E-state index contributed by atoms with van der Waals surface area (Å²) in [6, 6.07) is -0.230. The largest absolute Gasteiger partial charge is 0.377 e. The normalized spacial score (nSPS) is 33.2. The van der Waals surface area contributed by atoms with E-state index < -0.39 is 0 Å². The van der Waals surface area contributed by atoms with Crippen LogP contribution in [0.1, 0.15) is 33.1 Å². The molecule has 5 nitrogen and oxygen atoms in total. The first-order valence-corrected chi connectivity index (χ1v) is 6.91. The smallest absolute Gasteiger partial charge is 0.238 e. The van der Waals surface area contributed by atoms with Gasteiger partial charge in [0.25, 0.3) is 0 Å². The SMILES string of the molecule is CC1(C)CCNC(=O)C(CN)N1CC1CCCO1. The summed E-state index contributed by atoms with van der Waals surface area (Å²) in [7, 11) is 0. The van der Waals surface area contributed by atoms with Crippen LogP contribution in [0.3, 0.4) is 0 Å². The average molecular weight is 255 g/mol. The second-order valence-electron chi connectivity index (χ2n) is 5.89. The molecule has 0 aromatic heterocycles. The Morgan fingerprint density at radius 1 is 1.56 bits per heavy atom. The Morgan fingerprint density at radius 2 is 2.33 bits per heavy atom. The molecule has 0 spiro atoms. The molecule has 1 amide bonds. The van der Waals surface area contributed by atoms with Gasteiger partial charge in [-0.25, -0.2) is 0 Å². The van der Waals surface area contributed by atoms with E-state index in [1.165, 1.54) is 0 Å². The molecule has 104 valence electrons. The van der Waals surface area contributed by atoms with Gasteiger partial charge in [0.1, 0.15) is 6.04 Å². The molecular weight excluding hydrogens is 230 g/mol. The molecule has 0 radical (unpaired) electrons. The maximum absolute atomic E-state index is 12.0. The van der Waals surface area contributed by atoms with Crippen LogP contribution in [-0.2, 0) is 9.53 Å². The van der Waals surface area contributed by atoms with Crippen LogP contribution in [0.2, 0.25) is 0 Å². The third kappa shape index (κ3) is 2.84. The van der Waals surface area contributed by atoms with Crippen LogP contribution >= 0.6 is 0 Å². The quantitative estimate of drug-likeness (QED) is 0.750. The van der Waals surface area contributed by atoms with Crippen molar-refractivity contribution >= 4 is 5.91 Å². The van der Waals surface area contributed by atoms with Gasteiger partial charge in [-0.2, -0.15) is 0 Å². The fourth-order valence-corrected chi connectivity index (χ4v) is 2.93. The van der Waals surface area contributed by atoms with E-state index in [9.17, 15) is 4.79 Å². The van der Waals surface area contributed by atoms with Gasteiger partial charge in [-0.3, -0.25) is 9.69 Å². The number of ether oxygens (including phenoxy) is 1. The lowest BCUT2D eigenvalue weighted by Crippen LogP contribution is -2.57. The lowest BCUT2D eigenvalue weighted by Gasteiger charge is -2.41. The molecule has 0 saturated carbocycles. The van der Waals surface area contributed by atoms with Gasteiger partial charge in [-0.1, -0.05) is 0 Å². The molecule has 2 saturated heterocycles. The van der Waals surface area contributed by atoms with E-state index in [2.05, 4.69) is 24.1 Å². The molecule has 2 fully saturated rings. The molecule has 5 heteroatoms. The number of hydrogen-bond donors (Lipinski definition) is 2. The summed E-state index contributed by atoms with van der Waals surface area (Å²) in [5.74, 6) is 0.0565. The van der Waals surface area contributed by atoms with Crippen molar-refractivity contribution in [3.05, 3.63) is 0 Å². The molecule has 2 aliphatic rings. The van der Waals surface area contributed by atoms with Crippen molar-refractivity contribution in [3.8, 4) is 0 Å². The summed E-state index contributed by atoms with van der Waals surface area (Å²) >= 11 is 0. The van der Waals surface area contributed by atoms with Crippen molar-refractivity contribution in [3.63, 3.8) is 0 Å². The first-order valence-electron chi connectivity index (χ1n) is 6.91. The summed E-state index contributed by atoms with van der Waals surface area (Å²) < 4.78 is 5.70. The van der Waals surface area contributed by atoms with Gasteiger partial charge in [-0.15, -0.1) is 0 Å². The number of nitrogens with zero attached hydrogens (tertiary/aromatic N) is 1. The topological polar surface area (TPSA) is 67.6 Å². The monoisotopic (exact) mass is 255 g/mol. The molecule has 18 heavy (non-hydrogen) atoms. The maximum Gasteiger partial charge on any atom is 0.238 e. The van der Waals surface area contributed by atoms with Gasteiger partial charge in [0.2, 0.25) is 5.91 Å². The van der Waals surface area contributed by atoms with E-state index in [-0.39, 0.29) is 23.6 Å². The highest BCUT2D eigenvalue weighted by Gasteiger charge is 2.39. The van der Waals surface area contributed by atoms with E-state index in [1.54, 1.807) is 0 Å². The van der Waals surface area contributed by atoms with Crippen LogP contribution < -0.4 is 11.1 Å². The van der Waals surface area contributed by atoms with Crippen molar-refractivity contribution in [2.45, 2.75) is 50.8 Å². The Hall–Kier alpha value is -0.650. The van der Waals surface area contributed by atoms with E-state index in [0.717, 1.165) is 39.0 Å². The molecule has 2 atom stereocenters. The first kappa shape index (κ1) is 13.8. The van der Waals surface area contributed by atoms with Crippen molar-refractivity contribution in [1.82, 2.24) is 10.2 Å². The molecular formula is C13H25N3O2. The molecule has 2 unspecified atom stereocenters. The number of hydrogen-bond acceptors (Lipinski definition) is 4. The Morgan fingerprint density at radius 3 is 2.94 bits per heavy atom. The number of rotatable bonds is 3. The number of nitrogens with two attached hydrogens (primary N) is 1. The number of carbonyl (C=O) groups is 1. The van der Waals surface area contributed by atoms with Gasteiger partial charge in [0.05, 0.1) is 6.10 Å². The molecule has 0 aliphatic carbocycles. The summed E-state index contributed by atoms with van der Waals surface area (Å²) in [6.45, 7) is 7.11. The van der Waals surface area contributed by atoms with Gasteiger partial charge in [0.15, 0.2) is 0 Å². The molecule has 2 rings (SSSR count). The summed E-state index contributed by atoms with van der Waals surface area (Å²) in [5, 5.41) is 2.95. The molecule has 3 N–H and O–H groups in total. The molecule has 0 aromatic carbocycles. The Labute approximate surface area is 109 Å². The zero-order valence-corrected chi connectivity index (χ0v) is 11.4. The van der Waals surface area contributed by atoms with Crippen LogP contribution in [0, 0.1) is 0 Å². The fraction of sp³-hybridized carbons (Fsp3) is 0.923. The van der Waals surface area contributed by atoms with Gasteiger partial charge in [0, 0.05) is 31.8 Å². The third-order valence-electron chi connectivity index (χ3n) is 4.14. The highest BCUT2D eigenvalue weighted by molar-refractivity contribution is 5.82. The fourth-order valence-electron chi connectivity index (χ4n) is 2.93. The molecule has 2 heterocycles. The van der Waals surface area contributed by atoms with Crippen molar-refractivity contribution < 1.29 is 9.53 Å². The second-order valence-corrected chi connectivity index (χ2v) is 5.89. The maximum atomic E-state index is 12.0. The first-order chi connectivity index (χ1) is 8.54. The second kappa shape index (κ2) is 5.55. The number of amides is 1. The zero-order valence-electron chi connectivity index (χ0n) is 11.4. The van der Waals surface area contributed by atoms with E-state index in [4.69, 9.17) is 10.5 Å². The van der Waals surface area contributed by atoms with Crippen LogP contribution in [0.25, 0.3) is 0 Å². The summed E-state index contributed by atoms with van der Waals surface area (Å²) in [4.78, 5) is 14.3. The minimum atomic E-state index is -0.230. The molecule has 0 bridgehead atoms. The number of carbonyl (C=O) groups excluding carboxylic acids is 1. The lowest BCUT2D eigenvalue weighted by atomic mass is 9.96. The minimum absolute atomic E-state index is 0.0187. The zero-order chi connectivity index (χ0) is 13.2. The summed E-state index contributed by atoms with van der Waals surface area (Å²) in [6.07, 6.45) is 3.41.